The van der Waals surface area contributed by atoms with E-state index in [9.17, 15) is 17.6 Å². The van der Waals surface area contributed by atoms with E-state index in [0.29, 0.717) is 23.7 Å². The highest BCUT2D eigenvalue weighted by molar-refractivity contribution is 7.92. The van der Waals surface area contributed by atoms with Gasteiger partial charge in [-0.3, -0.25) is 9.10 Å². The Bertz CT molecular complexity index is 1170. The summed E-state index contributed by atoms with van der Waals surface area (Å²) in [6, 6.07) is 18.6. The molecule has 0 unspecified atom stereocenters. The summed E-state index contributed by atoms with van der Waals surface area (Å²) in [5, 5.41) is 2.69. The normalized spacial score (nSPS) is 11.1. The standard InChI is InChI=1S/C23H23FN2O4S/c1-3-26(18-10-6-5-7-11-18)31(28,29)22-16-17(14-15-19(22)24)23(27)25-20-12-8-9-13-21(20)30-4-2/h5-16H,3-4H2,1-2H3,(H,25,27). The summed E-state index contributed by atoms with van der Waals surface area (Å²) in [6.07, 6.45) is 0. The maximum absolute atomic E-state index is 14.6. The Balaban J connectivity index is 1.95. The Morgan fingerprint density at radius 2 is 1.68 bits per heavy atom. The Hall–Kier alpha value is -3.39. The fourth-order valence-corrected chi connectivity index (χ4v) is 4.66. The van der Waals surface area contributed by atoms with Gasteiger partial charge in [0.2, 0.25) is 0 Å². The third-order valence-corrected chi connectivity index (χ3v) is 6.45. The Kier molecular flexibility index (Phi) is 6.91. The molecule has 3 aromatic carbocycles. The van der Waals surface area contributed by atoms with Crippen LogP contribution in [0.4, 0.5) is 15.8 Å². The summed E-state index contributed by atoms with van der Waals surface area (Å²) in [4.78, 5) is 12.2. The molecule has 3 aromatic rings. The minimum Gasteiger partial charge on any atom is -0.492 e. The summed E-state index contributed by atoms with van der Waals surface area (Å²) in [5.74, 6) is -1.03. The molecule has 0 aliphatic carbocycles. The lowest BCUT2D eigenvalue weighted by Gasteiger charge is -2.23. The monoisotopic (exact) mass is 442 g/mol. The Morgan fingerprint density at radius 1 is 1.00 bits per heavy atom. The van der Waals surface area contributed by atoms with Crippen molar-refractivity contribution in [2.24, 2.45) is 0 Å². The molecule has 0 atom stereocenters. The van der Waals surface area contributed by atoms with Crippen LogP contribution in [0.2, 0.25) is 0 Å². The minimum absolute atomic E-state index is 0.00962. The number of benzene rings is 3. The third kappa shape index (κ3) is 4.86. The van der Waals surface area contributed by atoms with Crippen LogP contribution in [-0.2, 0) is 10.0 Å². The topological polar surface area (TPSA) is 75.7 Å². The van der Waals surface area contributed by atoms with E-state index in [-0.39, 0.29) is 12.1 Å². The molecule has 1 amide bonds. The van der Waals surface area contributed by atoms with Crippen LogP contribution in [0.3, 0.4) is 0 Å². The van der Waals surface area contributed by atoms with Gasteiger partial charge in [0.25, 0.3) is 15.9 Å². The summed E-state index contributed by atoms with van der Waals surface area (Å²) in [5.41, 5.74) is 0.850. The SMILES string of the molecule is CCOc1ccccc1NC(=O)c1ccc(F)c(S(=O)(=O)N(CC)c2ccccc2)c1. The average Bonchev–Trinajstić information content (AvgIpc) is 2.76. The second kappa shape index (κ2) is 9.61. The van der Waals surface area contributed by atoms with Gasteiger partial charge in [0.05, 0.1) is 18.0 Å². The van der Waals surface area contributed by atoms with Crippen LogP contribution >= 0.6 is 0 Å². The second-order valence-electron chi connectivity index (χ2n) is 6.53. The van der Waals surface area contributed by atoms with Crippen molar-refractivity contribution in [2.45, 2.75) is 18.7 Å². The molecule has 3 rings (SSSR count). The molecule has 1 N–H and O–H groups in total. The summed E-state index contributed by atoms with van der Waals surface area (Å²) >= 11 is 0. The van der Waals surface area contributed by atoms with Gasteiger partial charge in [-0.05, 0) is 56.3 Å². The molecule has 0 aliphatic heterocycles. The lowest BCUT2D eigenvalue weighted by molar-refractivity contribution is 0.102. The number of amides is 1. The first-order chi connectivity index (χ1) is 14.9. The van der Waals surface area contributed by atoms with Crippen molar-refractivity contribution in [3.63, 3.8) is 0 Å². The number of anilines is 2. The fraction of sp³-hybridized carbons (Fsp3) is 0.174. The molecule has 0 aliphatic rings. The Labute approximate surface area is 181 Å². The molecule has 31 heavy (non-hydrogen) atoms. The van der Waals surface area contributed by atoms with E-state index in [2.05, 4.69) is 5.32 Å². The summed E-state index contributed by atoms with van der Waals surface area (Å²) in [7, 11) is -4.23. The van der Waals surface area contributed by atoms with Crippen LogP contribution in [0, 0.1) is 5.82 Å². The van der Waals surface area contributed by atoms with E-state index >= 15 is 0 Å². The number of rotatable bonds is 8. The van der Waals surface area contributed by atoms with Gasteiger partial charge < -0.3 is 10.1 Å². The van der Waals surface area contributed by atoms with Crippen LogP contribution in [0.15, 0.2) is 77.7 Å². The van der Waals surface area contributed by atoms with Crippen LogP contribution < -0.4 is 14.4 Å². The number of carbonyl (C=O) groups excluding carboxylic acids is 1. The second-order valence-corrected chi connectivity index (χ2v) is 8.36. The molecule has 0 fully saturated rings. The van der Waals surface area contributed by atoms with E-state index in [0.717, 1.165) is 16.4 Å². The maximum atomic E-state index is 14.6. The molecule has 0 saturated carbocycles. The largest absolute Gasteiger partial charge is 0.492 e. The van der Waals surface area contributed by atoms with E-state index < -0.39 is 26.6 Å². The fourth-order valence-electron chi connectivity index (χ4n) is 3.09. The zero-order valence-corrected chi connectivity index (χ0v) is 18.0. The first kappa shape index (κ1) is 22.3. The van der Waals surface area contributed by atoms with Gasteiger partial charge in [-0.1, -0.05) is 30.3 Å². The third-order valence-electron chi connectivity index (χ3n) is 4.53. The first-order valence-electron chi connectivity index (χ1n) is 9.79. The predicted octanol–water partition coefficient (Wildman–Crippen LogP) is 4.69. The van der Waals surface area contributed by atoms with Crippen molar-refractivity contribution < 1.29 is 22.3 Å². The van der Waals surface area contributed by atoms with Gasteiger partial charge in [0.15, 0.2) is 0 Å². The Morgan fingerprint density at radius 3 is 2.35 bits per heavy atom. The molecule has 0 bridgehead atoms. The first-order valence-corrected chi connectivity index (χ1v) is 11.2. The lowest BCUT2D eigenvalue weighted by Crippen LogP contribution is -2.31. The number of nitrogens with zero attached hydrogens (tertiary/aromatic N) is 1. The van der Waals surface area contributed by atoms with Gasteiger partial charge in [-0.15, -0.1) is 0 Å². The number of hydrogen-bond acceptors (Lipinski definition) is 4. The van der Waals surface area contributed by atoms with Crippen molar-refractivity contribution in [1.82, 2.24) is 0 Å². The van der Waals surface area contributed by atoms with Gasteiger partial charge in [0.1, 0.15) is 16.5 Å². The predicted molar refractivity (Wildman–Crippen MR) is 119 cm³/mol. The maximum Gasteiger partial charge on any atom is 0.267 e. The van der Waals surface area contributed by atoms with E-state index in [1.54, 1.807) is 61.5 Å². The van der Waals surface area contributed by atoms with E-state index in [1.165, 1.54) is 6.07 Å². The highest BCUT2D eigenvalue weighted by Crippen LogP contribution is 2.27. The van der Waals surface area contributed by atoms with Crippen molar-refractivity contribution in [3.05, 3.63) is 84.2 Å². The summed E-state index contributed by atoms with van der Waals surface area (Å²) in [6.45, 7) is 3.99. The van der Waals surface area contributed by atoms with E-state index in [1.807, 2.05) is 6.92 Å². The summed E-state index contributed by atoms with van der Waals surface area (Å²) < 4.78 is 47.5. The zero-order valence-electron chi connectivity index (χ0n) is 17.2. The van der Waals surface area contributed by atoms with Gasteiger partial charge in [-0.25, -0.2) is 12.8 Å². The van der Waals surface area contributed by atoms with Crippen LogP contribution in [0.5, 0.6) is 5.75 Å². The molecule has 0 radical (unpaired) electrons. The van der Waals surface area contributed by atoms with Crippen molar-refractivity contribution >= 4 is 27.3 Å². The lowest BCUT2D eigenvalue weighted by atomic mass is 10.2. The highest BCUT2D eigenvalue weighted by Gasteiger charge is 2.28. The van der Waals surface area contributed by atoms with Crippen molar-refractivity contribution in [1.29, 1.82) is 0 Å². The molecular formula is C23H23FN2O4S. The van der Waals surface area contributed by atoms with Gasteiger partial charge >= 0.3 is 0 Å². The van der Waals surface area contributed by atoms with Crippen LogP contribution in [0.25, 0.3) is 0 Å². The number of hydrogen-bond donors (Lipinski definition) is 1. The number of carbonyl (C=O) groups is 1. The minimum atomic E-state index is -4.23. The van der Waals surface area contributed by atoms with Crippen LogP contribution in [0.1, 0.15) is 24.2 Å². The molecule has 0 aromatic heterocycles. The molecule has 0 saturated heterocycles. The number of para-hydroxylation sites is 3. The van der Waals surface area contributed by atoms with Gasteiger partial charge in [0, 0.05) is 12.1 Å². The number of halogens is 1. The van der Waals surface area contributed by atoms with Gasteiger partial charge in [-0.2, -0.15) is 0 Å². The molecule has 0 spiro atoms. The smallest absolute Gasteiger partial charge is 0.267 e. The molecule has 0 heterocycles. The molecule has 6 nitrogen and oxygen atoms in total. The van der Waals surface area contributed by atoms with Crippen LogP contribution in [-0.4, -0.2) is 27.5 Å². The molecular weight excluding hydrogens is 419 g/mol. The van der Waals surface area contributed by atoms with Crippen molar-refractivity contribution in [3.8, 4) is 5.75 Å². The average molecular weight is 443 g/mol. The quantitative estimate of drug-likeness (QED) is 0.549. The van der Waals surface area contributed by atoms with Crippen molar-refractivity contribution in [2.75, 3.05) is 22.8 Å². The molecule has 8 heteroatoms. The highest BCUT2D eigenvalue weighted by atomic mass is 32.2. The molecule has 162 valence electrons. The number of ether oxygens (including phenoxy) is 1. The number of nitrogens with one attached hydrogen (secondary N) is 1. The van der Waals surface area contributed by atoms with E-state index in [4.69, 9.17) is 4.74 Å². The number of sulfonamides is 1. The zero-order chi connectivity index (χ0) is 22.4.